The monoisotopic (exact) mass is 365 g/mol. The van der Waals surface area contributed by atoms with Gasteiger partial charge < -0.3 is 4.90 Å². The summed E-state index contributed by atoms with van der Waals surface area (Å²) in [5.41, 5.74) is 3.71. The number of rotatable bonds is 4. The number of fused-ring (bicyclic) bond motifs is 1. The lowest BCUT2D eigenvalue weighted by Gasteiger charge is -2.16. The van der Waals surface area contributed by atoms with Crippen LogP contribution in [0.15, 0.2) is 65.7 Å². The SMILES string of the molecule is O=C(CSc1ccc(-c2ccc(F)cc2)nn1)N1CCc2ccccc21. The molecule has 2 aromatic carbocycles. The molecule has 1 amide bonds. The Morgan fingerprint density at radius 2 is 1.85 bits per heavy atom. The van der Waals surface area contributed by atoms with E-state index in [-0.39, 0.29) is 11.7 Å². The zero-order valence-corrected chi connectivity index (χ0v) is 14.7. The molecule has 0 spiro atoms. The van der Waals surface area contributed by atoms with Crippen molar-refractivity contribution in [3.05, 3.63) is 72.0 Å². The van der Waals surface area contributed by atoms with Crippen molar-refractivity contribution < 1.29 is 9.18 Å². The van der Waals surface area contributed by atoms with E-state index in [1.165, 1.54) is 29.5 Å². The largest absolute Gasteiger partial charge is 0.311 e. The molecule has 0 radical (unpaired) electrons. The fourth-order valence-electron chi connectivity index (χ4n) is 2.98. The van der Waals surface area contributed by atoms with Gasteiger partial charge >= 0.3 is 0 Å². The van der Waals surface area contributed by atoms with Gasteiger partial charge in [-0.05, 0) is 54.4 Å². The van der Waals surface area contributed by atoms with Crippen LogP contribution in [0.3, 0.4) is 0 Å². The van der Waals surface area contributed by atoms with Gasteiger partial charge in [0.25, 0.3) is 0 Å². The maximum Gasteiger partial charge on any atom is 0.237 e. The highest BCUT2D eigenvalue weighted by Gasteiger charge is 2.24. The third kappa shape index (κ3) is 3.46. The van der Waals surface area contributed by atoms with E-state index in [1.54, 1.807) is 12.1 Å². The molecule has 0 unspecified atom stereocenters. The number of carbonyl (C=O) groups excluding carboxylic acids is 1. The van der Waals surface area contributed by atoms with Crippen molar-refractivity contribution in [1.29, 1.82) is 0 Å². The molecule has 2 heterocycles. The van der Waals surface area contributed by atoms with Crippen LogP contribution in [0.2, 0.25) is 0 Å². The van der Waals surface area contributed by atoms with Gasteiger partial charge in [0, 0.05) is 17.8 Å². The highest BCUT2D eigenvalue weighted by atomic mass is 32.2. The predicted octanol–water partition coefficient (Wildman–Crippen LogP) is 3.96. The molecular weight excluding hydrogens is 349 g/mol. The third-order valence-corrected chi connectivity index (χ3v) is 5.22. The standard InChI is InChI=1S/C20H16FN3OS/c21-16-7-5-14(6-8-16)17-9-10-19(23-22-17)26-13-20(25)24-12-11-15-3-1-2-4-18(15)24/h1-10H,11-13H2. The van der Waals surface area contributed by atoms with E-state index in [9.17, 15) is 9.18 Å². The summed E-state index contributed by atoms with van der Waals surface area (Å²) in [6.45, 7) is 0.730. The second kappa shape index (κ2) is 7.25. The molecule has 3 aromatic rings. The van der Waals surface area contributed by atoms with E-state index >= 15 is 0 Å². The van der Waals surface area contributed by atoms with E-state index in [1.807, 2.05) is 35.2 Å². The number of carbonyl (C=O) groups is 1. The zero-order valence-electron chi connectivity index (χ0n) is 13.9. The molecule has 4 rings (SSSR count). The molecule has 1 aliphatic rings. The molecule has 1 aliphatic heterocycles. The van der Waals surface area contributed by atoms with Crippen LogP contribution in [-0.4, -0.2) is 28.4 Å². The number of amides is 1. The van der Waals surface area contributed by atoms with Crippen molar-refractivity contribution >= 4 is 23.4 Å². The molecule has 0 saturated carbocycles. The number of thioether (sulfide) groups is 1. The summed E-state index contributed by atoms with van der Waals surface area (Å²) in [6, 6.07) is 17.8. The summed E-state index contributed by atoms with van der Waals surface area (Å²) in [7, 11) is 0. The topological polar surface area (TPSA) is 46.1 Å². The summed E-state index contributed by atoms with van der Waals surface area (Å²) in [5, 5.41) is 9.03. The number of halogens is 1. The van der Waals surface area contributed by atoms with Crippen LogP contribution in [-0.2, 0) is 11.2 Å². The van der Waals surface area contributed by atoms with Crippen LogP contribution >= 0.6 is 11.8 Å². The van der Waals surface area contributed by atoms with Gasteiger partial charge in [0.05, 0.1) is 11.4 Å². The van der Waals surface area contributed by atoms with Crippen LogP contribution < -0.4 is 4.90 Å². The minimum Gasteiger partial charge on any atom is -0.311 e. The molecule has 0 saturated heterocycles. The Bertz CT molecular complexity index is 929. The third-order valence-electron chi connectivity index (χ3n) is 4.31. The van der Waals surface area contributed by atoms with Crippen LogP contribution in [0.5, 0.6) is 0 Å². The summed E-state index contributed by atoms with van der Waals surface area (Å²) >= 11 is 1.37. The Hall–Kier alpha value is -2.73. The van der Waals surface area contributed by atoms with Crippen molar-refractivity contribution in [3.8, 4) is 11.3 Å². The molecule has 26 heavy (non-hydrogen) atoms. The highest BCUT2D eigenvalue weighted by Crippen LogP contribution is 2.28. The van der Waals surface area contributed by atoms with E-state index in [4.69, 9.17) is 0 Å². The molecule has 0 N–H and O–H groups in total. The number of nitrogens with zero attached hydrogens (tertiary/aromatic N) is 3. The number of benzene rings is 2. The second-order valence-corrected chi connectivity index (χ2v) is 6.97. The van der Waals surface area contributed by atoms with Gasteiger partial charge in [-0.15, -0.1) is 10.2 Å². The summed E-state index contributed by atoms with van der Waals surface area (Å²) in [6.07, 6.45) is 0.902. The molecular formula is C20H16FN3OS. The molecule has 0 bridgehead atoms. The number of para-hydroxylation sites is 1. The van der Waals surface area contributed by atoms with Crippen molar-refractivity contribution in [2.75, 3.05) is 17.2 Å². The normalized spacial score (nSPS) is 12.9. The maximum atomic E-state index is 13.0. The van der Waals surface area contributed by atoms with E-state index in [0.717, 1.165) is 24.2 Å². The number of hydrogen-bond donors (Lipinski definition) is 0. The van der Waals surface area contributed by atoms with Gasteiger partial charge in [0.2, 0.25) is 5.91 Å². The average Bonchev–Trinajstić information content (AvgIpc) is 3.11. The average molecular weight is 365 g/mol. The first-order valence-corrected chi connectivity index (χ1v) is 9.30. The van der Waals surface area contributed by atoms with E-state index in [0.29, 0.717) is 16.5 Å². The maximum absolute atomic E-state index is 13.0. The van der Waals surface area contributed by atoms with Crippen LogP contribution in [0.4, 0.5) is 10.1 Å². The van der Waals surface area contributed by atoms with Gasteiger partial charge in [-0.2, -0.15) is 0 Å². The Kier molecular flexibility index (Phi) is 4.67. The fraction of sp³-hybridized carbons (Fsp3) is 0.150. The van der Waals surface area contributed by atoms with Gasteiger partial charge in [0.1, 0.15) is 10.8 Å². The lowest BCUT2D eigenvalue weighted by atomic mass is 10.1. The highest BCUT2D eigenvalue weighted by molar-refractivity contribution is 7.99. The van der Waals surface area contributed by atoms with Crippen LogP contribution in [0.25, 0.3) is 11.3 Å². The number of aromatic nitrogens is 2. The number of anilines is 1. The summed E-state index contributed by atoms with van der Waals surface area (Å²) < 4.78 is 13.0. The quantitative estimate of drug-likeness (QED) is 0.657. The molecule has 130 valence electrons. The Morgan fingerprint density at radius 1 is 1.04 bits per heavy atom. The zero-order chi connectivity index (χ0) is 17.9. The summed E-state index contributed by atoms with van der Waals surface area (Å²) in [5.74, 6) is 0.110. The van der Waals surface area contributed by atoms with Crippen molar-refractivity contribution in [1.82, 2.24) is 10.2 Å². The second-order valence-electron chi connectivity index (χ2n) is 5.98. The molecule has 6 heteroatoms. The van der Waals surface area contributed by atoms with Crippen LogP contribution in [0.1, 0.15) is 5.56 Å². The minimum absolute atomic E-state index is 0.0735. The van der Waals surface area contributed by atoms with E-state index in [2.05, 4.69) is 16.3 Å². The first-order valence-electron chi connectivity index (χ1n) is 8.31. The van der Waals surface area contributed by atoms with E-state index < -0.39 is 0 Å². The molecule has 0 aliphatic carbocycles. The first-order chi connectivity index (χ1) is 12.7. The van der Waals surface area contributed by atoms with Crippen LogP contribution in [0, 0.1) is 5.82 Å². The minimum atomic E-state index is -0.282. The van der Waals surface area contributed by atoms with Gasteiger partial charge in [-0.3, -0.25) is 4.79 Å². The molecule has 0 fully saturated rings. The molecule has 4 nitrogen and oxygen atoms in total. The van der Waals surface area contributed by atoms with Crippen molar-refractivity contribution in [2.24, 2.45) is 0 Å². The van der Waals surface area contributed by atoms with Gasteiger partial charge in [-0.25, -0.2) is 4.39 Å². The van der Waals surface area contributed by atoms with Crippen molar-refractivity contribution in [3.63, 3.8) is 0 Å². The lowest BCUT2D eigenvalue weighted by Crippen LogP contribution is -2.30. The van der Waals surface area contributed by atoms with Crippen molar-refractivity contribution in [2.45, 2.75) is 11.4 Å². The predicted molar refractivity (Wildman–Crippen MR) is 101 cm³/mol. The first kappa shape index (κ1) is 16.7. The Morgan fingerprint density at radius 3 is 2.62 bits per heavy atom. The Balaban J connectivity index is 1.39. The molecule has 0 atom stereocenters. The fourth-order valence-corrected chi connectivity index (χ4v) is 3.67. The lowest BCUT2D eigenvalue weighted by molar-refractivity contribution is -0.116. The van der Waals surface area contributed by atoms with Gasteiger partial charge in [0.15, 0.2) is 0 Å². The Labute approximate surface area is 155 Å². The number of hydrogen-bond acceptors (Lipinski definition) is 4. The molecule has 1 aromatic heterocycles. The summed E-state index contributed by atoms with van der Waals surface area (Å²) in [4.78, 5) is 14.4. The van der Waals surface area contributed by atoms with Gasteiger partial charge in [-0.1, -0.05) is 30.0 Å². The smallest absolute Gasteiger partial charge is 0.237 e.